The fraction of sp³-hybridized carbons (Fsp3) is 0.452. The number of allylic oxidation sites excluding steroid dienone is 2. The summed E-state index contributed by atoms with van der Waals surface area (Å²) in [5.74, 6) is -8.40. The van der Waals surface area contributed by atoms with Gasteiger partial charge in [-0.15, -0.1) is 0 Å². The summed E-state index contributed by atoms with van der Waals surface area (Å²) in [6, 6.07) is 10.1. The Balaban J connectivity index is 0.000000291. The molecule has 8 amide bonds. The number of oxazole rings is 1. The van der Waals surface area contributed by atoms with Crippen LogP contribution in [-0.2, 0) is 70.3 Å². The predicted molar refractivity (Wildman–Crippen MR) is 366 cm³/mol. The van der Waals surface area contributed by atoms with Crippen LogP contribution in [0.2, 0.25) is 0 Å². The number of aliphatic hydroxyl groups is 1. The Morgan fingerprint density at radius 1 is 0.822 bits per heavy atom. The van der Waals surface area contributed by atoms with E-state index in [1.54, 1.807) is 74.6 Å². The Kier molecular flexibility index (Phi) is 26.3. The number of Topliss-reactive ketones (excluding diaryl/α,β-unsaturated/α-hetero) is 2. The SMILES string of the molecule is CC1=C\[C@@H](O)CC(=O)Cc2nc(co2)C(=O)N2CCC=C2C(=O)OC(C(C)C)[C@H](C)/C=C/C(=O)NC\C=C\1.CC[C@H]1NC(=O)[C@@H](NC(=O)c2ncccc2O)[C@@H](C)OC(=O)[C@@H](c2ccccc2)NC(=O)[C@@H]2CC(=O)CCN2C(=O)[C@@H](Cc2ccc(N(C)C)cc2)N(C)C(=O)[C@@H]2CCCN2C1=O. The van der Waals surface area contributed by atoms with Crippen LogP contribution in [0.15, 0.2) is 131 Å². The number of pyridine rings is 1. The molecule has 0 saturated carbocycles. The molecule has 6 N–H and O–H groups in total. The van der Waals surface area contributed by atoms with Crippen LogP contribution in [0.25, 0.3) is 0 Å². The van der Waals surface area contributed by atoms with E-state index >= 15 is 0 Å². The number of nitrogens with one attached hydrogen (secondary N) is 4. The topological polar surface area (TPSA) is 367 Å². The molecule has 3 fully saturated rings. The van der Waals surface area contributed by atoms with E-state index in [0.717, 1.165) is 17.5 Å². The van der Waals surface area contributed by atoms with E-state index in [0.29, 0.717) is 18.4 Å². The number of cyclic esters (lactones) is 2. The van der Waals surface area contributed by atoms with Gasteiger partial charge in [0, 0.05) is 90.8 Å². The second-order valence-corrected chi connectivity index (χ2v) is 26.1. The molecule has 28 heteroatoms. The van der Waals surface area contributed by atoms with Crippen molar-refractivity contribution in [2.24, 2.45) is 11.8 Å². The van der Waals surface area contributed by atoms with E-state index in [1.165, 1.54) is 58.0 Å². The number of piperidine rings is 1. The van der Waals surface area contributed by atoms with Crippen molar-refractivity contribution in [3.63, 3.8) is 0 Å². The predicted octanol–water partition coefficient (Wildman–Crippen LogP) is 3.93. The number of hydrogen-bond donors (Lipinski definition) is 6. The van der Waals surface area contributed by atoms with Gasteiger partial charge in [-0.3, -0.25) is 47.9 Å². The summed E-state index contributed by atoms with van der Waals surface area (Å²) in [4.78, 5) is 180. The molecule has 2 bridgehead atoms. The molecule has 2 aromatic heterocycles. The van der Waals surface area contributed by atoms with Crippen LogP contribution in [-0.4, -0.2) is 206 Å². The Morgan fingerprint density at radius 3 is 2.24 bits per heavy atom. The fourth-order valence-corrected chi connectivity index (χ4v) is 12.5. The molecular formula is C73H89N11O17. The van der Waals surface area contributed by atoms with Crippen LogP contribution in [0.5, 0.6) is 5.75 Å². The first-order chi connectivity index (χ1) is 48.1. The first-order valence-corrected chi connectivity index (χ1v) is 33.8. The minimum absolute atomic E-state index is 0.0299. The number of ether oxygens (including phenoxy) is 2. The molecule has 2 aromatic carbocycles. The average molecular weight is 1390 g/mol. The minimum Gasteiger partial charge on any atom is -0.505 e. The van der Waals surface area contributed by atoms with Gasteiger partial charge in [-0.05, 0) is 86.9 Å². The zero-order chi connectivity index (χ0) is 73.4. The highest BCUT2D eigenvalue weighted by atomic mass is 16.6. The third kappa shape index (κ3) is 19.6. The zero-order valence-corrected chi connectivity index (χ0v) is 58.2. The van der Waals surface area contributed by atoms with Gasteiger partial charge < -0.3 is 69.9 Å². The molecule has 0 radical (unpaired) electrons. The number of esters is 2. The second kappa shape index (κ2) is 34.9. The number of anilines is 1. The first kappa shape index (κ1) is 76.1. The number of amides is 8. The van der Waals surface area contributed by atoms with Crippen LogP contribution < -0.4 is 26.2 Å². The molecule has 3 saturated heterocycles. The maximum atomic E-state index is 15.0. The van der Waals surface area contributed by atoms with Crippen molar-refractivity contribution in [1.82, 2.24) is 50.8 Å². The molecule has 28 nitrogen and oxygen atoms in total. The van der Waals surface area contributed by atoms with E-state index < -0.39 is 119 Å². The van der Waals surface area contributed by atoms with E-state index in [2.05, 4.69) is 31.2 Å². The normalized spacial score (nSPS) is 26.3. The summed E-state index contributed by atoms with van der Waals surface area (Å²) in [5.41, 5.74) is 2.26. The molecule has 5 aliphatic rings. The van der Waals surface area contributed by atoms with Crippen molar-refractivity contribution in [2.75, 3.05) is 52.2 Å². The van der Waals surface area contributed by atoms with Crippen LogP contribution in [0.1, 0.15) is 131 Å². The van der Waals surface area contributed by atoms with Gasteiger partial charge in [0.15, 0.2) is 17.4 Å². The summed E-state index contributed by atoms with van der Waals surface area (Å²) in [6.07, 6.45) is 9.66. The Hall–Kier alpha value is -10.6. The van der Waals surface area contributed by atoms with Crippen molar-refractivity contribution in [1.29, 1.82) is 0 Å². The quantitative estimate of drug-likeness (QED) is 0.136. The van der Waals surface area contributed by atoms with Gasteiger partial charge in [0.1, 0.15) is 71.7 Å². The molecule has 0 spiro atoms. The smallest absolute Gasteiger partial charge is 0.355 e. The van der Waals surface area contributed by atoms with Gasteiger partial charge in [-0.25, -0.2) is 19.6 Å². The highest BCUT2D eigenvalue weighted by Crippen LogP contribution is 2.29. The second-order valence-electron chi connectivity index (χ2n) is 26.1. The number of carbonyl (C=O) groups is 12. The van der Waals surface area contributed by atoms with Crippen molar-refractivity contribution in [2.45, 2.75) is 154 Å². The molecule has 1 unspecified atom stereocenters. The monoisotopic (exact) mass is 1390 g/mol. The number of carbonyl (C=O) groups excluding carboxylic acids is 12. The molecule has 7 heterocycles. The van der Waals surface area contributed by atoms with E-state index in [1.807, 2.05) is 64.0 Å². The summed E-state index contributed by atoms with van der Waals surface area (Å²) in [5, 5.41) is 31.2. The van der Waals surface area contributed by atoms with Gasteiger partial charge in [0.25, 0.3) is 11.8 Å². The van der Waals surface area contributed by atoms with Crippen LogP contribution in [0, 0.1) is 11.8 Å². The van der Waals surface area contributed by atoms with E-state index in [9.17, 15) is 67.7 Å². The summed E-state index contributed by atoms with van der Waals surface area (Å²) < 4.78 is 17.0. The molecule has 538 valence electrons. The van der Waals surface area contributed by atoms with Gasteiger partial charge in [-0.2, -0.15) is 0 Å². The maximum Gasteiger partial charge on any atom is 0.355 e. The van der Waals surface area contributed by atoms with Crippen molar-refractivity contribution >= 4 is 76.4 Å². The van der Waals surface area contributed by atoms with Crippen molar-refractivity contribution in [3.05, 3.63) is 155 Å². The number of ketones is 2. The maximum absolute atomic E-state index is 15.0. The Labute approximate surface area is 585 Å². The number of rotatable bonds is 8. The Bertz CT molecular complexity index is 3860. The highest BCUT2D eigenvalue weighted by Gasteiger charge is 2.46. The minimum atomic E-state index is -1.68. The number of benzene rings is 2. The lowest BCUT2D eigenvalue weighted by Gasteiger charge is -2.40. The van der Waals surface area contributed by atoms with Gasteiger partial charge in [0.05, 0.1) is 12.5 Å². The number of aromatic hydroxyl groups is 1. The highest BCUT2D eigenvalue weighted by molar-refractivity contribution is 6.02. The lowest BCUT2D eigenvalue weighted by molar-refractivity contribution is -0.157. The molecule has 101 heavy (non-hydrogen) atoms. The van der Waals surface area contributed by atoms with E-state index in [-0.39, 0.29) is 123 Å². The molecule has 0 aliphatic carbocycles. The Morgan fingerprint density at radius 2 is 1.54 bits per heavy atom. The third-order valence-electron chi connectivity index (χ3n) is 18.0. The molecule has 10 atom stereocenters. The molecule has 9 rings (SSSR count). The molecular weight excluding hydrogens is 1300 g/mol. The van der Waals surface area contributed by atoms with Crippen molar-refractivity contribution in [3.8, 4) is 5.75 Å². The first-order valence-electron chi connectivity index (χ1n) is 33.8. The lowest BCUT2D eigenvalue weighted by Crippen LogP contribution is -2.61. The number of fused-ring (bicyclic) bond motifs is 5. The van der Waals surface area contributed by atoms with Crippen molar-refractivity contribution < 1.29 is 81.6 Å². The third-order valence-corrected chi connectivity index (χ3v) is 18.0. The standard InChI is InChI=1S/C45H54N8O10.C28H35N3O7/c1-6-31-42(59)52-22-11-14-32(52)43(60)51(5)34(24-27-16-18-29(19-17-27)50(3)4)44(61)53-23-20-30(54)25-33(53)39(56)49-37(28-12-8-7-9-13-28)45(62)63-26(2)36(40(57)47-31)48-41(58)38-35(55)15-10-21-46-38;1-17(2)26-19(4)9-10-24(34)29-11-5-7-18(3)13-20(32)14-21(33)15-25-30-22(16-37-25)27(35)31-12-6-8-23(31)28(36)38-26/h7-10,12-13,15-19,21,26,31-34,36-37,55H,6,11,14,20,22-25H2,1-5H3,(H,47,57)(H,48,58)(H,49,56);5,7-10,13,16-17,19-20,26,32H,6,11-12,14-15H2,1-4H3,(H,29,34)/b;7-5+,10-9+,18-13+/t26-,31-,32+,33+,34-,36+,37-;19-,20-,26?/m11/s1. The number of aromatic nitrogens is 2. The number of aliphatic hydroxyl groups excluding tert-OH is 1. The fourth-order valence-electron chi connectivity index (χ4n) is 12.5. The summed E-state index contributed by atoms with van der Waals surface area (Å²) in [6.45, 7) is 11.0. The number of nitrogens with zero attached hydrogens (tertiary/aromatic N) is 7. The zero-order valence-electron chi connectivity index (χ0n) is 58.2. The summed E-state index contributed by atoms with van der Waals surface area (Å²) >= 11 is 0. The average Bonchev–Trinajstić information content (AvgIpc) is 1.79. The lowest BCUT2D eigenvalue weighted by atomic mass is 9.94. The number of hydrogen-bond acceptors (Lipinski definition) is 20. The van der Waals surface area contributed by atoms with Gasteiger partial charge >= 0.3 is 11.9 Å². The number of likely N-dealkylation sites (N-methyl/N-ethyl adjacent to an activating group) is 1. The van der Waals surface area contributed by atoms with Gasteiger partial charge in [-0.1, -0.05) is 106 Å². The van der Waals surface area contributed by atoms with Crippen LogP contribution in [0.3, 0.4) is 0 Å². The van der Waals surface area contributed by atoms with Crippen LogP contribution >= 0.6 is 0 Å². The van der Waals surface area contributed by atoms with E-state index in [4.69, 9.17) is 13.9 Å². The largest absolute Gasteiger partial charge is 0.505 e. The van der Waals surface area contributed by atoms with Crippen LogP contribution in [0.4, 0.5) is 5.69 Å². The molecule has 5 aliphatic heterocycles. The summed E-state index contributed by atoms with van der Waals surface area (Å²) in [7, 11) is 5.25. The van der Waals surface area contributed by atoms with Gasteiger partial charge in [0.2, 0.25) is 41.3 Å². The molecule has 4 aromatic rings.